The summed E-state index contributed by atoms with van der Waals surface area (Å²) in [7, 11) is 0. The molecule has 1 saturated heterocycles. The fourth-order valence-corrected chi connectivity index (χ4v) is 3.17. The number of nitrogens with zero attached hydrogens (tertiary/aromatic N) is 3. The van der Waals surface area contributed by atoms with Gasteiger partial charge in [0.05, 0.1) is 5.69 Å². The molecule has 2 aromatic rings. The van der Waals surface area contributed by atoms with Crippen molar-refractivity contribution in [1.29, 1.82) is 0 Å². The summed E-state index contributed by atoms with van der Waals surface area (Å²) in [5, 5.41) is 13.3. The second-order valence-corrected chi connectivity index (χ2v) is 6.06. The molecule has 1 aliphatic rings. The Hall–Kier alpha value is -2.63. The van der Waals surface area contributed by atoms with Crippen LogP contribution in [0.2, 0.25) is 0 Å². The Balaban J connectivity index is 1.74. The smallest absolute Gasteiger partial charge is 0.303 e. The molecule has 1 fully saturated rings. The Bertz CT molecular complexity index is 711. The van der Waals surface area contributed by atoms with Crippen molar-refractivity contribution < 1.29 is 14.7 Å². The van der Waals surface area contributed by atoms with Crippen LogP contribution in [0.15, 0.2) is 42.6 Å². The number of rotatable bonds is 5. The molecule has 1 aromatic heterocycles. The number of para-hydroxylation sites is 1. The Morgan fingerprint density at radius 2 is 1.96 bits per heavy atom. The molecular formula is C18H21N3O3. The number of carbonyl (C=O) groups excluding carboxylic acids is 1. The third kappa shape index (κ3) is 3.64. The Morgan fingerprint density at radius 3 is 2.71 bits per heavy atom. The first-order valence-electron chi connectivity index (χ1n) is 8.29. The SMILES string of the molecule is O=C(O)CCC1CCCCN1C(=O)c1ccn(-c2ccccc2)n1. The number of amides is 1. The topological polar surface area (TPSA) is 75.4 Å². The molecule has 6 nitrogen and oxygen atoms in total. The quantitative estimate of drug-likeness (QED) is 0.916. The lowest BCUT2D eigenvalue weighted by Gasteiger charge is -2.35. The van der Waals surface area contributed by atoms with Gasteiger partial charge in [-0.15, -0.1) is 0 Å². The second kappa shape index (κ2) is 7.29. The average molecular weight is 327 g/mol. The minimum absolute atomic E-state index is 0.00998. The van der Waals surface area contributed by atoms with Gasteiger partial charge < -0.3 is 10.0 Å². The number of hydrogen-bond donors (Lipinski definition) is 1. The first-order chi connectivity index (χ1) is 11.6. The summed E-state index contributed by atoms with van der Waals surface area (Å²) in [5.74, 6) is -0.930. The Labute approximate surface area is 140 Å². The second-order valence-electron chi connectivity index (χ2n) is 6.06. The number of carboxylic acids is 1. The minimum atomic E-state index is -0.818. The van der Waals surface area contributed by atoms with E-state index in [1.54, 1.807) is 21.8 Å². The third-order valence-electron chi connectivity index (χ3n) is 4.41. The average Bonchev–Trinajstić information content (AvgIpc) is 3.10. The van der Waals surface area contributed by atoms with E-state index in [0.717, 1.165) is 24.9 Å². The fraction of sp³-hybridized carbons (Fsp3) is 0.389. The molecular weight excluding hydrogens is 306 g/mol. The molecule has 0 aliphatic carbocycles. The number of carbonyl (C=O) groups is 2. The van der Waals surface area contributed by atoms with Gasteiger partial charge in [0.2, 0.25) is 0 Å². The van der Waals surface area contributed by atoms with Gasteiger partial charge in [-0.25, -0.2) is 4.68 Å². The van der Waals surface area contributed by atoms with Gasteiger partial charge in [0.1, 0.15) is 0 Å². The molecule has 0 spiro atoms. The van der Waals surface area contributed by atoms with Crippen LogP contribution >= 0.6 is 0 Å². The number of carboxylic acid groups (broad SMARTS) is 1. The summed E-state index contributed by atoms with van der Waals surface area (Å²) in [4.78, 5) is 25.4. The summed E-state index contributed by atoms with van der Waals surface area (Å²) in [6.45, 7) is 0.668. The maximum atomic E-state index is 12.8. The van der Waals surface area contributed by atoms with Crippen LogP contribution in [-0.2, 0) is 4.79 Å². The molecule has 6 heteroatoms. The summed E-state index contributed by atoms with van der Waals surface area (Å²) in [5.41, 5.74) is 1.30. The summed E-state index contributed by atoms with van der Waals surface area (Å²) >= 11 is 0. The maximum absolute atomic E-state index is 12.8. The van der Waals surface area contributed by atoms with Gasteiger partial charge in [0.25, 0.3) is 5.91 Å². The van der Waals surface area contributed by atoms with E-state index >= 15 is 0 Å². The lowest BCUT2D eigenvalue weighted by Crippen LogP contribution is -2.44. The van der Waals surface area contributed by atoms with Gasteiger partial charge in [-0.2, -0.15) is 5.10 Å². The van der Waals surface area contributed by atoms with Gasteiger partial charge in [0.15, 0.2) is 5.69 Å². The summed E-state index contributed by atoms with van der Waals surface area (Å²) in [6.07, 6.45) is 5.21. The zero-order valence-electron chi connectivity index (χ0n) is 13.5. The first-order valence-corrected chi connectivity index (χ1v) is 8.29. The van der Waals surface area contributed by atoms with Gasteiger partial charge in [-0.05, 0) is 43.9 Å². The third-order valence-corrected chi connectivity index (χ3v) is 4.41. The minimum Gasteiger partial charge on any atom is -0.481 e. The molecule has 0 saturated carbocycles. The van der Waals surface area contributed by atoms with Crippen molar-refractivity contribution >= 4 is 11.9 Å². The predicted octanol–water partition coefficient (Wildman–Crippen LogP) is 2.73. The van der Waals surface area contributed by atoms with Gasteiger partial charge in [-0.3, -0.25) is 9.59 Å². The molecule has 1 atom stereocenters. The van der Waals surface area contributed by atoms with Crippen LogP contribution in [0.5, 0.6) is 0 Å². The molecule has 1 unspecified atom stereocenters. The highest BCUT2D eigenvalue weighted by Crippen LogP contribution is 2.23. The zero-order valence-corrected chi connectivity index (χ0v) is 13.5. The van der Waals surface area contributed by atoms with Gasteiger partial charge >= 0.3 is 5.97 Å². The van der Waals surface area contributed by atoms with E-state index in [-0.39, 0.29) is 18.4 Å². The molecule has 1 N–H and O–H groups in total. The van der Waals surface area contributed by atoms with Crippen molar-refractivity contribution in [1.82, 2.24) is 14.7 Å². The lowest BCUT2D eigenvalue weighted by molar-refractivity contribution is -0.137. The van der Waals surface area contributed by atoms with Crippen LogP contribution < -0.4 is 0 Å². The van der Waals surface area contributed by atoms with E-state index in [9.17, 15) is 9.59 Å². The first kappa shape index (κ1) is 16.2. The Kier molecular flexibility index (Phi) is 4.93. The number of piperidine rings is 1. The summed E-state index contributed by atoms with van der Waals surface area (Å²) in [6, 6.07) is 11.3. The van der Waals surface area contributed by atoms with Crippen LogP contribution in [-0.4, -0.2) is 44.3 Å². The van der Waals surface area contributed by atoms with Gasteiger partial charge in [0, 0.05) is 25.2 Å². The number of aromatic nitrogens is 2. The molecule has 1 aliphatic heterocycles. The standard InChI is InChI=1S/C18H21N3O3/c22-17(23)10-9-14-6-4-5-12-20(14)18(24)16-11-13-21(19-16)15-7-2-1-3-8-15/h1-3,7-8,11,13-14H,4-6,9-10,12H2,(H,22,23). The molecule has 126 valence electrons. The van der Waals surface area contributed by atoms with Crippen molar-refractivity contribution in [3.8, 4) is 5.69 Å². The molecule has 1 amide bonds. The number of aliphatic carboxylic acids is 1. The van der Waals surface area contributed by atoms with Crippen molar-refractivity contribution in [3.63, 3.8) is 0 Å². The highest BCUT2D eigenvalue weighted by Gasteiger charge is 2.29. The van der Waals surface area contributed by atoms with Gasteiger partial charge in [-0.1, -0.05) is 18.2 Å². The molecule has 0 radical (unpaired) electrons. The molecule has 3 rings (SSSR count). The van der Waals surface area contributed by atoms with E-state index in [2.05, 4.69) is 5.10 Å². The summed E-state index contributed by atoms with van der Waals surface area (Å²) < 4.78 is 1.68. The van der Waals surface area contributed by atoms with E-state index in [1.165, 1.54) is 0 Å². The fourth-order valence-electron chi connectivity index (χ4n) is 3.17. The van der Waals surface area contributed by atoms with Crippen molar-refractivity contribution in [2.75, 3.05) is 6.54 Å². The van der Waals surface area contributed by atoms with E-state index in [4.69, 9.17) is 5.11 Å². The van der Waals surface area contributed by atoms with Crippen molar-refractivity contribution in [2.45, 2.75) is 38.1 Å². The normalized spacial score (nSPS) is 17.7. The van der Waals surface area contributed by atoms with Crippen LogP contribution in [0.25, 0.3) is 5.69 Å². The predicted molar refractivity (Wildman–Crippen MR) is 89.1 cm³/mol. The maximum Gasteiger partial charge on any atom is 0.303 e. The molecule has 24 heavy (non-hydrogen) atoms. The number of likely N-dealkylation sites (tertiary alicyclic amines) is 1. The largest absolute Gasteiger partial charge is 0.481 e. The molecule has 2 heterocycles. The van der Waals surface area contributed by atoms with Crippen molar-refractivity contribution in [2.24, 2.45) is 0 Å². The van der Waals surface area contributed by atoms with Crippen molar-refractivity contribution in [3.05, 3.63) is 48.3 Å². The molecule has 0 bridgehead atoms. The van der Waals surface area contributed by atoms with E-state index < -0.39 is 5.97 Å². The number of hydrogen-bond acceptors (Lipinski definition) is 3. The zero-order chi connectivity index (χ0) is 16.9. The van der Waals surface area contributed by atoms with Crippen LogP contribution in [0.1, 0.15) is 42.6 Å². The Morgan fingerprint density at radius 1 is 1.17 bits per heavy atom. The van der Waals surface area contributed by atoms with E-state index in [1.807, 2.05) is 30.3 Å². The highest BCUT2D eigenvalue weighted by atomic mass is 16.4. The monoisotopic (exact) mass is 327 g/mol. The highest BCUT2D eigenvalue weighted by molar-refractivity contribution is 5.92. The van der Waals surface area contributed by atoms with Crippen LogP contribution in [0.4, 0.5) is 0 Å². The number of benzene rings is 1. The lowest BCUT2D eigenvalue weighted by atomic mass is 9.97. The van der Waals surface area contributed by atoms with E-state index in [0.29, 0.717) is 18.7 Å². The molecule has 1 aromatic carbocycles. The van der Waals surface area contributed by atoms with Crippen LogP contribution in [0, 0.1) is 0 Å². The van der Waals surface area contributed by atoms with Crippen LogP contribution in [0.3, 0.4) is 0 Å².